The van der Waals surface area contributed by atoms with Crippen LogP contribution in [0, 0.1) is 0 Å². The number of hydrogen-bond acceptors (Lipinski definition) is 5. The lowest BCUT2D eigenvalue weighted by Gasteiger charge is -2.16. The first-order valence-electron chi connectivity index (χ1n) is 5.34. The molecule has 2 unspecified atom stereocenters. The Hall–Kier alpha value is -1.18. The van der Waals surface area contributed by atoms with Crippen molar-refractivity contribution in [2.45, 2.75) is 19.0 Å². The summed E-state index contributed by atoms with van der Waals surface area (Å²) in [5.74, 6) is -0.693. The summed E-state index contributed by atoms with van der Waals surface area (Å²) in [6.07, 6.45) is 0. The zero-order chi connectivity index (χ0) is 13.3. The van der Waals surface area contributed by atoms with E-state index in [-0.39, 0.29) is 12.5 Å². The third-order valence-corrected chi connectivity index (χ3v) is 2.04. The van der Waals surface area contributed by atoms with Crippen molar-refractivity contribution < 1.29 is 19.1 Å². The van der Waals surface area contributed by atoms with Crippen LogP contribution in [0.15, 0.2) is 0 Å². The monoisotopic (exact) mass is 247 g/mol. The molecule has 0 heterocycles. The average Bonchev–Trinajstić information content (AvgIpc) is 2.29. The van der Waals surface area contributed by atoms with Crippen molar-refractivity contribution in [3.05, 3.63) is 0 Å². The zero-order valence-corrected chi connectivity index (χ0v) is 10.5. The second kappa shape index (κ2) is 8.91. The third kappa shape index (κ3) is 6.88. The second-order valence-electron chi connectivity index (χ2n) is 3.58. The summed E-state index contributed by atoms with van der Waals surface area (Å²) in [4.78, 5) is 22.9. The smallest absolute Gasteiger partial charge is 0.242 e. The van der Waals surface area contributed by atoms with Gasteiger partial charge in [-0.25, -0.2) is 0 Å². The fourth-order valence-corrected chi connectivity index (χ4v) is 1.07. The molecule has 17 heavy (non-hydrogen) atoms. The van der Waals surface area contributed by atoms with E-state index in [4.69, 9.17) is 15.2 Å². The number of nitrogens with two attached hydrogens (primary N) is 1. The molecule has 0 aromatic carbocycles. The first-order valence-corrected chi connectivity index (χ1v) is 5.34. The average molecular weight is 247 g/mol. The van der Waals surface area contributed by atoms with Crippen LogP contribution in [0.3, 0.4) is 0 Å². The molecule has 0 aromatic heterocycles. The van der Waals surface area contributed by atoms with E-state index in [1.165, 1.54) is 7.11 Å². The Kier molecular flexibility index (Phi) is 8.29. The summed E-state index contributed by atoms with van der Waals surface area (Å²) >= 11 is 0. The topological polar surface area (TPSA) is 103 Å². The largest absolute Gasteiger partial charge is 0.383 e. The first-order chi connectivity index (χ1) is 8.02. The van der Waals surface area contributed by atoms with E-state index >= 15 is 0 Å². The fourth-order valence-electron chi connectivity index (χ4n) is 1.07. The van der Waals surface area contributed by atoms with Gasteiger partial charge in [-0.05, 0) is 6.92 Å². The Morgan fingerprint density at radius 2 is 1.88 bits per heavy atom. The van der Waals surface area contributed by atoms with Crippen molar-refractivity contribution in [1.82, 2.24) is 10.6 Å². The summed E-state index contributed by atoms with van der Waals surface area (Å²) in [6, 6.07) is -1.41. The molecule has 0 radical (unpaired) electrons. The summed E-state index contributed by atoms with van der Waals surface area (Å²) < 4.78 is 9.53. The summed E-state index contributed by atoms with van der Waals surface area (Å²) in [6.45, 7) is 2.53. The molecule has 7 nitrogen and oxygen atoms in total. The van der Waals surface area contributed by atoms with Crippen LogP contribution >= 0.6 is 0 Å². The summed E-state index contributed by atoms with van der Waals surface area (Å²) in [7, 11) is 3.00. The second-order valence-corrected chi connectivity index (χ2v) is 3.58. The van der Waals surface area contributed by atoms with Gasteiger partial charge in [0.2, 0.25) is 11.8 Å². The van der Waals surface area contributed by atoms with Crippen molar-refractivity contribution >= 4 is 11.8 Å². The maximum atomic E-state index is 11.5. The molecule has 0 spiro atoms. The van der Waals surface area contributed by atoms with Gasteiger partial charge in [0.15, 0.2) is 0 Å². The van der Waals surface area contributed by atoms with E-state index in [9.17, 15) is 9.59 Å². The van der Waals surface area contributed by atoms with Gasteiger partial charge in [0.05, 0.1) is 13.2 Å². The van der Waals surface area contributed by atoms with E-state index in [1.54, 1.807) is 14.0 Å². The molecule has 0 saturated carbocycles. The van der Waals surface area contributed by atoms with Gasteiger partial charge in [-0.2, -0.15) is 0 Å². The predicted molar refractivity (Wildman–Crippen MR) is 62.3 cm³/mol. The van der Waals surface area contributed by atoms with Crippen LogP contribution in [0.2, 0.25) is 0 Å². The Bertz CT molecular complexity index is 248. The third-order valence-electron chi connectivity index (χ3n) is 2.04. The highest BCUT2D eigenvalue weighted by Crippen LogP contribution is 1.86. The van der Waals surface area contributed by atoms with Gasteiger partial charge in [-0.1, -0.05) is 0 Å². The van der Waals surface area contributed by atoms with E-state index < -0.39 is 18.0 Å². The number of rotatable bonds is 8. The number of carbonyl (C=O) groups excluding carboxylic acids is 2. The van der Waals surface area contributed by atoms with Crippen LogP contribution in [0.25, 0.3) is 0 Å². The van der Waals surface area contributed by atoms with Crippen LogP contribution in [-0.2, 0) is 19.1 Å². The van der Waals surface area contributed by atoms with Crippen molar-refractivity contribution in [2.75, 3.05) is 34.0 Å². The van der Waals surface area contributed by atoms with Crippen molar-refractivity contribution in [2.24, 2.45) is 5.73 Å². The fraction of sp³-hybridized carbons (Fsp3) is 0.800. The van der Waals surface area contributed by atoms with E-state index in [2.05, 4.69) is 10.6 Å². The van der Waals surface area contributed by atoms with Crippen LogP contribution < -0.4 is 16.4 Å². The Labute approximate surface area is 101 Å². The maximum absolute atomic E-state index is 11.5. The number of ether oxygens (including phenoxy) is 2. The highest BCUT2D eigenvalue weighted by Gasteiger charge is 2.19. The van der Waals surface area contributed by atoms with Gasteiger partial charge in [0.25, 0.3) is 0 Å². The van der Waals surface area contributed by atoms with E-state index in [0.29, 0.717) is 13.2 Å². The molecule has 4 N–H and O–H groups in total. The standard InChI is InChI=1S/C10H21N3O4/c1-7(9(14)12-4-5-16-2)13-10(15)8(11)6-17-3/h7-8H,4-6,11H2,1-3H3,(H,12,14)(H,13,15). The lowest BCUT2D eigenvalue weighted by molar-refractivity contribution is -0.129. The number of methoxy groups -OCH3 is 2. The molecular weight excluding hydrogens is 226 g/mol. The molecular formula is C10H21N3O4. The molecule has 7 heteroatoms. The lowest BCUT2D eigenvalue weighted by Crippen LogP contribution is -2.51. The molecule has 0 bridgehead atoms. The van der Waals surface area contributed by atoms with Crippen molar-refractivity contribution in [1.29, 1.82) is 0 Å². The molecule has 2 amide bonds. The van der Waals surface area contributed by atoms with Gasteiger partial charge in [0.1, 0.15) is 12.1 Å². The SMILES string of the molecule is COCCNC(=O)C(C)NC(=O)C(N)COC. The minimum atomic E-state index is -0.769. The van der Waals surface area contributed by atoms with Crippen LogP contribution in [0.5, 0.6) is 0 Å². The lowest BCUT2D eigenvalue weighted by atomic mass is 10.2. The van der Waals surface area contributed by atoms with E-state index in [0.717, 1.165) is 0 Å². The Morgan fingerprint density at radius 1 is 1.24 bits per heavy atom. The molecule has 0 saturated heterocycles. The molecule has 0 fully saturated rings. The van der Waals surface area contributed by atoms with Gasteiger partial charge < -0.3 is 25.8 Å². The molecule has 0 aromatic rings. The van der Waals surface area contributed by atoms with E-state index in [1.807, 2.05) is 0 Å². The van der Waals surface area contributed by atoms with Crippen LogP contribution in [0.1, 0.15) is 6.92 Å². The van der Waals surface area contributed by atoms with Gasteiger partial charge in [-0.3, -0.25) is 9.59 Å². The molecule has 0 aliphatic carbocycles. The van der Waals surface area contributed by atoms with Gasteiger partial charge in [0, 0.05) is 20.8 Å². The first kappa shape index (κ1) is 15.8. The molecule has 0 aliphatic rings. The highest BCUT2D eigenvalue weighted by atomic mass is 16.5. The zero-order valence-electron chi connectivity index (χ0n) is 10.5. The van der Waals surface area contributed by atoms with Gasteiger partial charge >= 0.3 is 0 Å². The number of carbonyl (C=O) groups is 2. The molecule has 0 rings (SSSR count). The molecule has 0 aliphatic heterocycles. The minimum absolute atomic E-state index is 0.115. The summed E-state index contributed by atoms with van der Waals surface area (Å²) in [5, 5.41) is 5.10. The van der Waals surface area contributed by atoms with Crippen molar-refractivity contribution in [3.8, 4) is 0 Å². The highest BCUT2D eigenvalue weighted by molar-refractivity contribution is 5.89. The number of nitrogens with one attached hydrogen (secondary N) is 2. The molecule has 2 atom stereocenters. The normalized spacial score (nSPS) is 13.9. The van der Waals surface area contributed by atoms with Gasteiger partial charge in [-0.15, -0.1) is 0 Å². The Morgan fingerprint density at radius 3 is 2.41 bits per heavy atom. The Balaban J connectivity index is 3.94. The quantitative estimate of drug-likeness (QED) is 0.440. The van der Waals surface area contributed by atoms with Crippen molar-refractivity contribution in [3.63, 3.8) is 0 Å². The van der Waals surface area contributed by atoms with Crippen LogP contribution in [0.4, 0.5) is 0 Å². The summed E-state index contributed by atoms with van der Waals surface area (Å²) in [5.41, 5.74) is 5.51. The number of hydrogen-bond donors (Lipinski definition) is 3. The predicted octanol–water partition coefficient (Wildman–Crippen LogP) is -1.77. The number of amides is 2. The maximum Gasteiger partial charge on any atom is 0.242 e. The molecule has 100 valence electrons. The van der Waals surface area contributed by atoms with Crippen LogP contribution in [-0.4, -0.2) is 57.9 Å². The minimum Gasteiger partial charge on any atom is -0.383 e.